The summed E-state index contributed by atoms with van der Waals surface area (Å²) in [6.07, 6.45) is 0. The van der Waals surface area contributed by atoms with Gasteiger partial charge < -0.3 is 0 Å². The Morgan fingerprint density at radius 2 is 1.39 bits per heavy atom. The third kappa shape index (κ3) is 3.18. The molecule has 0 aromatic heterocycles. The molecule has 3 aromatic carbocycles. The van der Waals surface area contributed by atoms with Gasteiger partial charge in [0, 0.05) is 0 Å². The molecule has 0 unspecified atom stereocenters. The van der Waals surface area contributed by atoms with E-state index in [9.17, 15) is 8.42 Å². The molecule has 116 valence electrons. The van der Waals surface area contributed by atoms with Crippen LogP contribution < -0.4 is 5.14 Å². The first-order chi connectivity index (χ1) is 11.0. The molecule has 23 heavy (non-hydrogen) atoms. The van der Waals surface area contributed by atoms with Gasteiger partial charge in [-0.15, -0.1) is 0 Å². The predicted octanol–water partition coefficient (Wildman–Crippen LogP) is 3.98. The third-order valence-corrected chi connectivity index (χ3v) is 4.75. The van der Waals surface area contributed by atoms with Crippen molar-refractivity contribution in [1.82, 2.24) is 0 Å². The Kier molecular flexibility index (Phi) is 4.03. The molecule has 3 nitrogen and oxygen atoms in total. The van der Waals surface area contributed by atoms with E-state index in [1.807, 2.05) is 67.6 Å². The lowest BCUT2D eigenvalue weighted by Gasteiger charge is -2.14. The molecule has 3 aromatic rings. The number of nitrogens with two attached hydrogens (primary N) is 1. The molecule has 2 N–H and O–H groups in total. The zero-order chi connectivity index (χ0) is 16.4. The van der Waals surface area contributed by atoms with Crippen molar-refractivity contribution in [3.8, 4) is 22.3 Å². The van der Waals surface area contributed by atoms with Gasteiger partial charge in [0.15, 0.2) is 0 Å². The normalized spacial score (nSPS) is 11.4. The molecule has 0 aliphatic rings. The van der Waals surface area contributed by atoms with Crippen LogP contribution in [0.1, 0.15) is 5.56 Å². The van der Waals surface area contributed by atoms with E-state index in [-0.39, 0.29) is 4.90 Å². The molecule has 0 saturated carbocycles. The van der Waals surface area contributed by atoms with E-state index in [1.54, 1.807) is 12.1 Å². The van der Waals surface area contributed by atoms with Crippen molar-refractivity contribution in [3.63, 3.8) is 0 Å². The largest absolute Gasteiger partial charge is 0.238 e. The first-order valence-corrected chi connectivity index (χ1v) is 8.80. The molecule has 0 fully saturated rings. The molecule has 0 aliphatic carbocycles. The Labute approximate surface area is 136 Å². The number of aryl methyl sites for hydroxylation is 1. The highest BCUT2D eigenvalue weighted by Gasteiger charge is 2.14. The molecule has 0 radical (unpaired) electrons. The quantitative estimate of drug-likeness (QED) is 0.792. The minimum atomic E-state index is -3.75. The minimum Gasteiger partial charge on any atom is -0.225 e. The summed E-state index contributed by atoms with van der Waals surface area (Å²) in [4.78, 5) is 0.121. The topological polar surface area (TPSA) is 60.2 Å². The fourth-order valence-corrected chi connectivity index (χ4v) is 3.21. The summed E-state index contributed by atoms with van der Waals surface area (Å²) in [6.45, 7) is 2.01. The van der Waals surface area contributed by atoms with E-state index in [4.69, 9.17) is 5.14 Å². The summed E-state index contributed by atoms with van der Waals surface area (Å²) in [7, 11) is -3.75. The van der Waals surface area contributed by atoms with Crippen LogP contribution in [-0.2, 0) is 10.0 Å². The molecule has 0 saturated heterocycles. The Hall–Kier alpha value is -2.43. The lowest BCUT2D eigenvalue weighted by molar-refractivity contribution is 0.598. The minimum absolute atomic E-state index is 0.121. The van der Waals surface area contributed by atoms with Gasteiger partial charge in [0.05, 0.1) is 4.90 Å². The van der Waals surface area contributed by atoms with Crippen molar-refractivity contribution in [2.75, 3.05) is 0 Å². The fourth-order valence-electron chi connectivity index (χ4n) is 2.67. The average molecular weight is 323 g/mol. The standard InChI is InChI=1S/C19H17NO2S/c1-14-7-5-6-10-17(14)19-13-16(23(20,21)22)11-12-18(19)15-8-3-2-4-9-15/h2-13H,1H3,(H2,20,21,22). The van der Waals surface area contributed by atoms with E-state index in [0.717, 1.165) is 27.8 Å². The maximum Gasteiger partial charge on any atom is 0.238 e. The Balaban J connectivity index is 2.31. The third-order valence-electron chi connectivity index (χ3n) is 3.84. The van der Waals surface area contributed by atoms with E-state index in [0.29, 0.717) is 0 Å². The van der Waals surface area contributed by atoms with Crippen molar-refractivity contribution in [3.05, 3.63) is 78.4 Å². The number of sulfonamides is 1. The summed E-state index contributed by atoms with van der Waals surface area (Å²) in [5.74, 6) is 0. The van der Waals surface area contributed by atoms with Crippen LogP contribution in [-0.4, -0.2) is 8.42 Å². The van der Waals surface area contributed by atoms with Gasteiger partial charge in [-0.3, -0.25) is 0 Å². The summed E-state index contributed by atoms with van der Waals surface area (Å²) in [5, 5.41) is 5.30. The van der Waals surface area contributed by atoms with Gasteiger partial charge in [0.25, 0.3) is 0 Å². The predicted molar refractivity (Wildman–Crippen MR) is 93.4 cm³/mol. The van der Waals surface area contributed by atoms with Gasteiger partial charge in [-0.05, 0) is 46.9 Å². The van der Waals surface area contributed by atoms with E-state index in [2.05, 4.69) is 0 Å². The van der Waals surface area contributed by atoms with Crippen molar-refractivity contribution in [1.29, 1.82) is 0 Å². The van der Waals surface area contributed by atoms with Gasteiger partial charge in [-0.2, -0.15) is 0 Å². The first kappa shape index (κ1) is 15.5. The SMILES string of the molecule is Cc1ccccc1-c1cc(S(N)(=O)=O)ccc1-c1ccccc1. The van der Waals surface area contributed by atoms with E-state index in [1.165, 1.54) is 0 Å². The molecule has 0 bridgehead atoms. The van der Waals surface area contributed by atoms with Crippen LogP contribution in [0.15, 0.2) is 77.7 Å². The van der Waals surface area contributed by atoms with Crippen LogP contribution in [0.3, 0.4) is 0 Å². The molecule has 0 atom stereocenters. The van der Waals surface area contributed by atoms with Crippen LogP contribution >= 0.6 is 0 Å². The zero-order valence-electron chi connectivity index (χ0n) is 12.7. The highest BCUT2D eigenvalue weighted by Crippen LogP contribution is 2.35. The van der Waals surface area contributed by atoms with Gasteiger partial charge in [-0.25, -0.2) is 13.6 Å². The summed E-state index contributed by atoms with van der Waals surface area (Å²) >= 11 is 0. The number of benzene rings is 3. The molecule has 4 heteroatoms. The maximum atomic E-state index is 11.7. The number of primary sulfonamides is 1. The smallest absolute Gasteiger partial charge is 0.225 e. The van der Waals surface area contributed by atoms with Crippen LogP contribution in [0.2, 0.25) is 0 Å². The maximum absolute atomic E-state index is 11.7. The number of hydrogen-bond donors (Lipinski definition) is 1. The Morgan fingerprint density at radius 3 is 2.04 bits per heavy atom. The number of hydrogen-bond acceptors (Lipinski definition) is 2. The summed E-state index contributed by atoms with van der Waals surface area (Å²) in [5.41, 5.74) is 4.95. The van der Waals surface area contributed by atoms with Crippen molar-refractivity contribution < 1.29 is 8.42 Å². The Bertz CT molecular complexity index is 948. The molecule has 0 heterocycles. The van der Waals surface area contributed by atoms with Crippen LogP contribution in [0, 0.1) is 6.92 Å². The second kappa shape index (κ2) is 5.99. The molecule has 0 spiro atoms. The van der Waals surface area contributed by atoms with Crippen molar-refractivity contribution in [2.24, 2.45) is 5.14 Å². The second-order valence-electron chi connectivity index (χ2n) is 5.43. The summed E-state index contributed by atoms with van der Waals surface area (Å²) in [6, 6.07) is 22.8. The van der Waals surface area contributed by atoms with Crippen LogP contribution in [0.5, 0.6) is 0 Å². The van der Waals surface area contributed by atoms with Crippen LogP contribution in [0.25, 0.3) is 22.3 Å². The van der Waals surface area contributed by atoms with Gasteiger partial charge in [0.1, 0.15) is 0 Å². The van der Waals surface area contributed by atoms with Gasteiger partial charge in [0.2, 0.25) is 10.0 Å². The van der Waals surface area contributed by atoms with E-state index < -0.39 is 10.0 Å². The zero-order valence-corrected chi connectivity index (χ0v) is 13.5. The molecule has 0 amide bonds. The van der Waals surface area contributed by atoms with Gasteiger partial charge >= 0.3 is 0 Å². The van der Waals surface area contributed by atoms with Crippen LogP contribution in [0.4, 0.5) is 0 Å². The first-order valence-electron chi connectivity index (χ1n) is 7.25. The lowest BCUT2D eigenvalue weighted by Crippen LogP contribution is -2.12. The fraction of sp³-hybridized carbons (Fsp3) is 0.0526. The molecular formula is C19H17NO2S. The number of rotatable bonds is 3. The molecule has 0 aliphatic heterocycles. The summed E-state index contributed by atoms with van der Waals surface area (Å²) < 4.78 is 23.5. The average Bonchev–Trinajstić information content (AvgIpc) is 2.55. The van der Waals surface area contributed by atoms with Crippen molar-refractivity contribution >= 4 is 10.0 Å². The highest BCUT2D eigenvalue weighted by atomic mass is 32.2. The van der Waals surface area contributed by atoms with Crippen molar-refractivity contribution in [2.45, 2.75) is 11.8 Å². The monoisotopic (exact) mass is 323 g/mol. The highest BCUT2D eigenvalue weighted by molar-refractivity contribution is 7.89. The van der Waals surface area contributed by atoms with Gasteiger partial charge in [-0.1, -0.05) is 60.7 Å². The van der Waals surface area contributed by atoms with E-state index >= 15 is 0 Å². The molecule has 3 rings (SSSR count). The lowest BCUT2D eigenvalue weighted by atomic mass is 9.92. The Morgan fingerprint density at radius 1 is 0.739 bits per heavy atom. The molecular weight excluding hydrogens is 306 g/mol. The second-order valence-corrected chi connectivity index (χ2v) is 6.99.